The Morgan fingerprint density at radius 3 is 2.05 bits per heavy atom. The van der Waals surface area contributed by atoms with Crippen LogP contribution in [0.2, 0.25) is 0 Å². The quantitative estimate of drug-likeness (QED) is 0.643. The summed E-state index contributed by atoms with van der Waals surface area (Å²) in [5.41, 5.74) is 0. The molecule has 0 aromatic rings. The Bertz CT molecular complexity index is 314. The van der Waals surface area contributed by atoms with Gasteiger partial charge in [0.1, 0.15) is 0 Å². The standard InChI is InChI=1S/C14H31N2O3P/c1-6-14(7-2)15-10-11-16(13(5)12-15)20(17,18-8-3)19-9-4/h13-14H,6-12H2,1-5H3/t13-/m1/s1. The molecule has 0 bridgehead atoms. The summed E-state index contributed by atoms with van der Waals surface area (Å²) in [4.78, 5) is 2.50. The molecule has 6 heteroatoms. The molecule has 1 heterocycles. The van der Waals surface area contributed by atoms with Crippen molar-refractivity contribution in [2.75, 3.05) is 32.8 Å². The molecule has 0 saturated carbocycles. The predicted molar refractivity (Wildman–Crippen MR) is 83.0 cm³/mol. The smallest absolute Gasteiger partial charge is 0.298 e. The molecule has 20 heavy (non-hydrogen) atoms. The molecule has 0 spiro atoms. The van der Waals surface area contributed by atoms with Gasteiger partial charge in [0.2, 0.25) is 0 Å². The van der Waals surface area contributed by atoms with Crippen LogP contribution in [0.5, 0.6) is 0 Å². The van der Waals surface area contributed by atoms with Crippen LogP contribution in [-0.2, 0) is 13.6 Å². The van der Waals surface area contributed by atoms with E-state index in [1.54, 1.807) is 0 Å². The molecule has 1 saturated heterocycles. The summed E-state index contributed by atoms with van der Waals surface area (Å²) in [5.74, 6) is 0. The van der Waals surface area contributed by atoms with E-state index in [-0.39, 0.29) is 6.04 Å². The van der Waals surface area contributed by atoms with Crippen LogP contribution in [0.15, 0.2) is 0 Å². The first-order chi connectivity index (χ1) is 9.52. The topological polar surface area (TPSA) is 42.0 Å². The zero-order valence-electron chi connectivity index (χ0n) is 13.7. The summed E-state index contributed by atoms with van der Waals surface area (Å²) < 4.78 is 25.7. The molecule has 5 nitrogen and oxygen atoms in total. The van der Waals surface area contributed by atoms with Crippen molar-refractivity contribution < 1.29 is 13.6 Å². The Morgan fingerprint density at radius 1 is 1.10 bits per heavy atom. The van der Waals surface area contributed by atoms with Gasteiger partial charge in [0.15, 0.2) is 0 Å². The fraction of sp³-hybridized carbons (Fsp3) is 1.00. The Kier molecular flexibility index (Phi) is 7.70. The Morgan fingerprint density at radius 2 is 1.65 bits per heavy atom. The van der Waals surface area contributed by atoms with E-state index in [0.717, 1.165) is 32.5 Å². The number of nitrogens with zero attached hydrogens (tertiary/aromatic N) is 2. The van der Waals surface area contributed by atoms with Crippen molar-refractivity contribution in [3.8, 4) is 0 Å². The Balaban J connectivity index is 2.73. The number of hydrogen-bond donors (Lipinski definition) is 0. The highest BCUT2D eigenvalue weighted by molar-refractivity contribution is 7.51. The van der Waals surface area contributed by atoms with Gasteiger partial charge in [-0.15, -0.1) is 0 Å². The molecule has 0 aliphatic carbocycles. The van der Waals surface area contributed by atoms with Crippen LogP contribution in [0, 0.1) is 0 Å². The summed E-state index contributed by atoms with van der Waals surface area (Å²) in [6.45, 7) is 13.7. The van der Waals surface area contributed by atoms with E-state index >= 15 is 0 Å². The highest BCUT2D eigenvalue weighted by Crippen LogP contribution is 2.53. The molecule has 1 fully saturated rings. The second-order valence-electron chi connectivity index (χ2n) is 5.28. The maximum Gasteiger partial charge on any atom is 0.408 e. The van der Waals surface area contributed by atoms with Crippen LogP contribution in [0.1, 0.15) is 47.5 Å². The number of hydrogen-bond acceptors (Lipinski definition) is 4. The average molecular weight is 306 g/mol. The van der Waals surface area contributed by atoms with Gasteiger partial charge in [-0.3, -0.25) is 13.9 Å². The SMILES string of the molecule is CCOP(=O)(OCC)N1CCN(C(CC)CC)C[C@H]1C. The normalized spacial score (nSPS) is 22.6. The highest BCUT2D eigenvalue weighted by atomic mass is 31.2. The van der Waals surface area contributed by atoms with Crippen molar-refractivity contribution in [1.29, 1.82) is 0 Å². The van der Waals surface area contributed by atoms with Crippen molar-refractivity contribution >= 4 is 7.75 Å². The van der Waals surface area contributed by atoms with Gasteiger partial charge in [-0.05, 0) is 33.6 Å². The second kappa shape index (κ2) is 8.50. The molecular weight excluding hydrogens is 275 g/mol. The summed E-state index contributed by atoms with van der Waals surface area (Å²) in [6, 6.07) is 0.812. The molecule has 0 amide bonds. The van der Waals surface area contributed by atoms with Gasteiger partial charge in [0.25, 0.3) is 0 Å². The maximum absolute atomic E-state index is 12.9. The van der Waals surface area contributed by atoms with Crippen LogP contribution < -0.4 is 0 Å². The molecule has 0 N–H and O–H groups in total. The zero-order chi connectivity index (χ0) is 15.2. The molecule has 0 aromatic heterocycles. The molecular formula is C14H31N2O3P. The fourth-order valence-corrected chi connectivity index (χ4v) is 4.90. The van der Waals surface area contributed by atoms with Gasteiger partial charge >= 0.3 is 7.75 Å². The summed E-state index contributed by atoms with van der Waals surface area (Å²) in [7, 11) is -3.12. The van der Waals surface area contributed by atoms with Gasteiger partial charge in [-0.1, -0.05) is 13.8 Å². The minimum Gasteiger partial charge on any atom is -0.298 e. The van der Waals surface area contributed by atoms with E-state index in [2.05, 4.69) is 25.7 Å². The van der Waals surface area contributed by atoms with Crippen molar-refractivity contribution in [2.45, 2.75) is 59.5 Å². The van der Waals surface area contributed by atoms with E-state index in [1.165, 1.54) is 0 Å². The van der Waals surface area contributed by atoms with Crippen LogP contribution in [0.3, 0.4) is 0 Å². The third kappa shape index (κ3) is 4.28. The van der Waals surface area contributed by atoms with E-state index in [9.17, 15) is 4.57 Å². The van der Waals surface area contributed by atoms with E-state index in [0.29, 0.717) is 19.3 Å². The highest BCUT2D eigenvalue weighted by Gasteiger charge is 2.40. The van der Waals surface area contributed by atoms with Crippen LogP contribution >= 0.6 is 7.75 Å². The number of piperazine rings is 1. The summed E-state index contributed by atoms with van der Waals surface area (Å²) in [6.07, 6.45) is 2.33. The zero-order valence-corrected chi connectivity index (χ0v) is 14.6. The van der Waals surface area contributed by atoms with Gasteiger partial charge < -0.3 is 0 Å². The van der Waals surface area contributed by atoms with Crippen molar-refractivity contribution in [2.24, 2.45) is 0 Å². The minimum absolute atomic E-state index is 0.188. The molecule has 120 valence electrons. The fourth-order valence-electron chi connectivity index (χ4n) is 2.99. The third-order valence-electron chi connectivity index (χ3n) is 3.98. The maximum atomic E-state index is 12.9. The van der Waals surface area contributed by atoms with Gasteiger partial charge in [0.05, 0.1) is 13.2 Å². The van der Waals surface area contributed by atoms with Gasteiger partial charge in [-0.25, -0.2) is 9.24 Å². The molecule has 0 aromatic carbocycles. The second-order valence-corrected chi connectivity index (χ2v) is 7.25. The molecule has 1 aliphatic heterocycles. The van der Waals surface area contributed by atoms with E-state index < -0.39 is 7.75 Å². The first-order valence-corrected chi connectivity index (χ1v) is 9.42. The van der Waals surface area contributed by atoms with Crippen LogP contribution in [-0.4, -0.2) is 54.5 Å². The lowest BCUT2D eigenvalue weighted by Gasteiger charge is -2.44. The summed E-state index contributed by atoms with van der Waals surface area (Å²) in [5, 5.41) is 0. The minimum atomic E-state index is -3.12. The van der Waals surface area contributed by atoms with E-state index in [1.807, 2.05) is 18.5 Å². The van der Waals surface area contributed by atoms with Gasteiger partial charge in [0, 0.05) is 31.7 Å². The molecule has 1 atom stereocenters. The third-order valence-corrected chi connectivity index (χ3v) is 6.37. The Hall–Kier alpha value is 0.0700. The van der Waals surface area contributed by atoms with E-state index in [4.69, 9.17) is 9.05 Å². The summed E-state index contributed by atoms with van der Waals surface area (Å²) >= 11 is 0. The predicted octanol–water partition coefficient (Wildman–Crippen LogP) is 3.36. The first kappa shape index (κ1) is 18.1. The average Bonchev–Trinajstić information content (AvgIpc) is 2.40. The van der Waals surface area contributed by atoms with Crippen molar-refractivity contribution in [3.63, 3.8) is 0 Å². The lowest BCUT2D eigenvalue weighted by Crippen LogP contribution is -2.53. The lowest BCUT2D eigenvalue weighted by atomic mass is 10.1. The first-order valence-electron chi connectivity index (χ1n) is 7.92. The van der Waals surface area contributed by atoms with Crippen molar-refractivity contribution in [1.82, 2.24) is 9.57 Å². The van der Waals surface area contributed by atoms with Crippen LogP contribution in [0.25, 0.3) is 0 Å². The van der Waals surface area contributed by atoms with Crippen LogP contribution in [0.4, 0.5) is 0 Å². The molecule has 0 unspecified atom stereocenters. The van der Waals surface area contributed by atoms with Gasteiger partial charge in [-0.2, -0.15) is 0 Å². The molecule has 0 radical (unpaired) electrons. The lowest BCUT2D eigenvalue weighted by molar-refractivity contribution is 0.0668. The molecule has 1 rings (SSSR count). The largest absolute Gasteiger partial charge is 0.408 e. The Labute approximate surface area is 124 Å². The van der Waals surface area contributed by atoms with Crippen molar-refractivity contribution in [3.05, 3.63) is 0 Å². The molecule has 1 aliphatic rings. The number of rotatable bonds is 8. The monoisotopic (exact) mass is 306 g/mol.